The predicted octanol–water partition coefficient (Wildman–Crippen LogP) is 7.28. The summed E-state index contributed by atoms with van der Waals surface area (Å²) in [5.74, 6) is 4.61. The number of aryl methyl sites for hydroxylation is 2. The van der Waals surface area contributed by atoms with Gasteiger partial charge in [-0.2, -0.15) is 0 Å². The average molecular weight is 461 g/mol. The van der Waals surface area contributed by atoms with E-state index in [0.29, 0.717) is 16.7 Å². The predicted molar refractivity (Wildman–Crippen MR) is 138 cm³/mol. The summed E-state index contributed by atoms with van der Waals surface area (Å²) in [4.78, 5) is 9.69. The van der Waals surface area contributed by atoms with Crippen molar-refractivity contribution in [3.63, 3.8) is 0 Å². The maximum absolute atomic E-state index is 11.4. The van der Waals surface area contributed by atoms with Crippen molar-refractivity contribution in [2.24, 2.45) is 40.4 Å². The summed E-state index contributed by atoms with van der Waals surface area (Å²) in [6.07, 6.45) is 15.5. The van der Waals surface area contributed by atoms with Crippen molar-refractivity contribution in [3.05, 3.63) is 35.8 Å². The van der Waals surface area contributed by atoms with Crippen LogP contribution in [0.5, 0.6) is 0 Å². The minimum atomic E-state index is -0.0569. The van der Waals surface area contributed by atoms with E-state index in [0.717, 1.165) is 53.5 Å². The lowest BCUT2D eigenvalue weighted by Crippen LogP contribution is -2.57. The van der Waals surface area contributed by atoms with Crippen LogP contribution in [0.25, 0.3) is 10.9 Å². The van der Waals surface area contributed by atoms with Crippen molar-refractivity contribution in [1.82, 2.24) is 9.97 Å². The number of para-hydroxylation sites is 1. The molecule has 3 nitrogen and oxygen atoms in total. The number of aliphatic hydroxyl groups excluding tert-OH is 1. The fraction of sp³-hybridized carbons (Fsp3) is 0.742. The first kappa shape index (κ1) is 23.0. The van der Waals surface area contributed by atoms with Crippen LogP contribution in [0.1, 0.15) is 96.0 Å². The maximum Gasteiger partial charge on any atom is 0.129 e. The molecular weight excluding hydrogens is 416 g/mol. The topological polar surface area (TPSA) is 46.0 Å². The van der Waals surface area contributed by atoms with Gasteiger partial charge < -0.3 is 5.11 Å². The van der Waals surface area contributed by atoms with E-state index in [1.54, 1.807) is 0 Å². The van der Waals surface area contributed by atoms with Crippen LogP contribution in [0, 0.1) is 47.3 Å². The third-order valence-corrected chi connectivity index (χ3v) is 11.6. The summed E-state index contributed by atoms with van der Waals surface area (Å²) in [5, 5.41) is 12.6. The van der Waals surface area contributed by atoms with Crippen molar-refractivity contribution >= 4 is 10.9 Å². The fourth-order valence-corrected chi connectivity index (χ4v) is 9.75. The number of nitrogens with zero attached hydrogens (tertiary/aromatic N) is 2. The molecule has 8 atom stereocenters. The van der Waals surface area contributed by atoms with Gasteiger partial charge in [-0.3, -0.25) is 0 Å². The summed E-state index contributed by atoms with van der Waals surface area (Å²) >= 11 is 0. The van der Waals surface area contributed by atoms with E-state index in [1.165, 1.54) is 69.6 Å². The Balaban J connectivity index is 1.15. The molecule has 0 aliphatic heterocycles. The first-order valence-electron chi connectivity index (χ1n) is 14.3. The van der Waals surface area contributed by atoms with Crippen molar-refractivity contribution in [2.45, 2.75) is 104 Å². The second kappa shape index (κ2) is 8.57. The number of benzene rings is 1. The molecule has 34 heavy (non-hydrogen) atoms. The summed E-state index contributed by atoms with van der Waals surface area (Å²) < 4.78 is 0. The number of fused-ring (bicyclic) bond motifs is 6. The van der Waals surface area contributed by atoms with Crippen molar-refractivity contribution < 1.29 is 5.11 Å². The van der Waals surface area contributed by atoms with E-state index in [1.807, 2.05) is 0 Å². The number of hydrogen-bond donors (Lipinski definition) is 1. The van der Waals surface area contributed by atoms with Crippen LogP contribution in [0.4, 0.5) is 0 Å². The highest BCUT2D eigenvalue weighted by atomic mass is 16.3. The van der Waals surface area contributed by atoms with E-state index in [4.69, 9.17) is 9.97 Å². The minimum Gasteiger partial charge on any atom is -0.393 e. The first-order valence-corrected chi connectivity index (χ1v) is 14.3. The normalized spacial score (nSPS) is 41.6. The quantitative estimate of drug-likeness (QED) is 0.521. The van der Waals surface area contributed by atoms with Gasteiger partial charge in [-0.15, -0.1) is 0 Å². The van der Waals surface area contributed by atoms with E-state index < -0.39 is 0 Å². The summed E-state index contributed by atoms with van der Waals surface area (Å²) in [6.45, 7) is 7.33. The van der Waals surface area contributed by atoms with Crippen LogP contribution in [0.3, 0.4) is 0 Å². The van der Waals surface area contributed by atoms with Gasteiger partial charge in [-0.25, -0.2) is 9.97 Å². The van der Waals surface area contributed by atoms with Crippen LogP contribution in [-0.2, 0) is 6.42 Å². The maximum atomic E-state index is 11.4. The lowest BCUT2D eigenvalue weighted by Gasteiger charge is -2.62. The molecule has 3 heteroatoms. The molecule has 0 amide bonds. The first-order chi connectivity index (χ1) is 16.4. The molecule has 6 rings (SSSR count). The van der Waals surface area contributed by atoms with E-state index in [9.17, 15) is 5.11 Å². The summed E-state index contributed by atoms with van der Waals surface area (Å²) in [7, 11) is 0. The van der Waals surface area contributed by atoms with E-state index in [2.05, 4.69) is 45.0 Å². The number of aromatic nitrogens is 2. The zero-order chi connectivity index (χ0) is 23.5. The molecule has 4 saturated carbocycles. The second-order valence-corrected chi connectivity index (χ2v) is 13.0. The van der Waals surface area contributed by atoms with Gasteiger partial charge in [-0.1, -0.05) is 44.9 Å². The highest BCUT2D eigenvalue weighted by Crippen LogP contribution is 2.67. The minimum absolute atomic E-state index is 0.0569. The highest BCUT2D eigenvalue weighted by molar-refractivity contribution is 5.80. The standard InChI is InChI=1S/C31H44N2O/c1-20-23-11-4-5-12-26(23)33-28(32-20)13-8-10-21-14-15-24-29-25(16-18-31(21,24)3)30(2)17-7-6-9-22(30)19-27(29)34/h4-5,11-12,21-22,24-25,27,29,34H,6-10,13-19H2,1-3H3. The van der Waals surface area contributed by atoms with E-state index >= 15 is 0 Å². The Morgan fingerprint density at radius 1 is 0.941 bits per heavy atom. The molecule has 1 heterocycles. The lowest BCUT2D eigenvalue weighted by atomic mass is 9.44. The Labute approximate surface area is 206 Å². The fourth-order valence-electron chi connectivity index (χ4n) is 9.75. The van der Waals surface area contributed by atoms with Crippen LogP contribution < -0.4 is 0 Å². The van der Waals surface area contributed by atoms with Crippen LogP contribution in [0.2, 0.25) is 0 Å². The van der Waals surface area contributed by atoms with Gasteiger partial charge in [0.2, 0.25) is 0 Å². The molecule has 8 unspecified atom stereocenters. The van der Waals surface area contributed by atoms with Crippen LogP contribution >= 0.6 is 0 Å². The van der Waals surface area contributed by atoms with Crippen LogP contribution in [-0.4, -0.2) is 21.2 Å². The molecule has 0 saturated heterocycles. The molecule has 184 valence electrons. The molecule has 4 fully saturated rings. The number of rotatable bonds is 4. The molecule has 1 N–H and O–H groups in total. The summed E-state index contributed by atoms with van der Waals surface area (Å²) in [5.41, 5.74) is 3.09. The zero-order valence-electron chi connectivity index (χ0n) is 21.6. The highest BCUT2D eigenvalue weighted by Gasteiger charge is 2.61. The Hall–Kier alpha value is -1.48. The Morgan fingerprint density at radius 2 is 1.76 bits per heavy atom. The Morgan fingerprint density at radius 3 is 2.65 bits per heavy atom. The SMILES string of the molecule is Cc1nc(CCCC2CCC3C4C(O)CC5CCCCC5(C)C4CCC23C)nc2ccccc12. The average Bonchev–Trinajstić information content (AvgIpc) is 3.16. The number of aliphatic hydroxyl groups is 1. The smallest absolute Gasteiger partial charge is 0.129 e. The van der Waals surface area contributed by atoms with Crippen molar-refractivity contribution in [2.75, 3.05) is 0 Å². The molecule has 1 aromatic heterocycles. The van der Waals surface area contributed by atoms with Gasteiger partial charge in [0.1, 0.15) is 5.82 Å². The molecule has 0 bridgehead atoms. The van der Waals surface area contributed by atoms with Gasteiger partial charge in [0.05, 0.1) is 11.6 Å². The van der Waals surface area contributed by atoms with Gasteiger partial charge in [0.25, 0.3) is 0 Å². The molecule has 1 aromatic carbocycles. The molecule has 0 radical (unpaired) electrons. The molecule has 4 aliphatic carbocycles. The third kappa shape index (κ3) is 3.55. The van der Waals surface area contributed by atoms with Gasteiger partial charge in [0, 0.05) is 17.5 Å². The van der Waals surface area contributed by atoms with Crippen LogP contribution in [0.15, 0.2) is 24.3 Å². The largest absolute Gasteiger partial charge is 0.393 e. The van der Waals surface area contributed by atoms with Gasteiger partial charge in [-0.05, 0) is 111 Å². The van der Waals surface area contributed by atoms with Gasteiger partial charge >= 0.3 is 0 Å². The lowest BCUT2D eigenvalue weighted by molar-refractivity contribution is -0.162. The Bertz CT molecular complexity index is 1050. The monoisotopic (exact) mass is 460 g/mol. The van der Waals surface area contributed by atoms with E-state index in [-0.39, 0.29) is 6.10 Å². The zero-order valence-corrected chi connectivity index (χ0v) is 21.6. The van der Waals surface area contributed by atoms with Crippen molar-refractivity contribution in [3.8, 4) is 0 Å². The second-order valence-electron chi connectivity index (χ2n) is 13.0. The molecular formula is C31H44N2O. The summed E-state index contributed by atoms with van der Waals surface area (Å²) in [6, 6.07) is 8.38. The molecule has 0 spiro atoms. The molecule has 2 aromatic rings. The van der Waals surface area contributed by atoms with Crippen molar-refractivity contribution in [1.29, 1.82) is 0 Å². The third-order valence-electron chi connectivity index (χ3n) is 11.6. The van der Waals surface area contributed by atoms with Gasteiger partial charge in [0.15, 0.2) is 0 Å². The Kier molecular flexibility index (Phi) is 5.79. The molecule has 4 aliphatic rings. The number of hydrogen-bond acceptors (Lipinski definition) is 3.